The molecule has 35 heavy (non-hydrogen) atoms. The molecule has 0 atom stereocenters. The van der Waals surface area contributed by atoms with Gasteiger partial charge in [-0.25, -0.2) is 8.42 Å². The summed E-state index contributed by atoms with van der Waals surface area (Å²) in [4.78, 5) is 13.9. The van der Waals surface area contributed by atoms with Crippen LogP contribution in [0, 0.1) is 5.41 Å². The Morgan fingerprint density at radius 3 is 2.51 bits per heavy atom. The number of rotatable bonds is 9. The highest BCUT2D eigenvalue weighted by molar-refractivity contribution is 7.93. The number of amidine groups is 1. The molecule has 2 aromatic rings. The summed E-state index contributed by atoms with van der Waals surface area (Å²) < 4.78 is 39.5. The average molecular weight is 505 g/mol. The summed E-state index contributed by atoms with van der Waals surface area (Å²) in [7, 11) is -4.27. The molecule has 1 heterocycles. The molecule has 2 aromatic carbocycles. The molecule has 4 N–H and O–H groups in total. The number of anilines is 1. The number of carbonyl (C=O) groups excluding carboxylic acids is 1. The van der Waals surface area contributed by atoms with Crippen molar-refractivity contribution < 1.29 is 27.8 Å². The van der Waals surface area contributed by atoms with Gasteiger partial charge in [0, 0.05) is 25.2 Å². The second-order valence-corrected chi connectivity index (χ2v) is 10.3. The first-order chi connectivity index (χ1) is 16.6. The lowest BCUT2D eigenvalue weighted by Crippen LogP contribution is -2.43. The maximum atomic E-state index is 13.6. The Bertz CT molecular complexity index is 1190. The van der Waals surface area contributed by atoms with Gasteiger partial charge in [0.05, 0.1) is 18.9 Å². The molecule has 190 valence electrons. The first-order valence-electron chi connectivity index (χ1n) is 11.4. The predicted molar refractivity (Wildman–Crippen MR) is 133 cm³/mol. The molecule has 10 nitrogen and oxygen atoms in total. The Morgan fingerprint density at radius 1 is 1.23 bits per heavy atom. The van der Waals surface area contributed by atoms with Gasteiger partial charge >= 0.3 is 0 Å². The number of nitrogen functional groups attached to an aromatic ring is 1. The molecule has 1 saturated heterocycles. The number of phenols is 1. The van der Waals surface area contributed by atoms with Gasteiger partial charge in [-0.3, -0.25) is 14.5 Å². The minimum Gasteiger partial charge on any atom is -0.507 e. The number of benzene rings is 2. The van der Waals surface area contributed by atoms with E-state index in [2.05, 4.69) is 0 Å². The normalized spacial score (nSPS) is 14.1. The van der Waals surface area contributed by atoms with Crippen molar-refractivity contribution in [3.63, 3.8) is 0 Å². The van der Waals surface area contributed by atoms with Crippen molar-refractivity contribution in [2.24, 2.45) is 5.73 Å². The van der Waals surface area contributed by atoms with Gasteiger partial charge in [0.2, 0.25) is 0 Å². The number of nitrogens with two attached hydrogens (primary N) is 1. The summed E-state index contributed by atoms with van der Waals surface area (Å²) in [6.07, 6.45) is 0. The molecule has 0 radical (unpaired) electrons. The lowest BCUT2D eigenvalue weighted by Gasteiger charge is -2.28. The molecule has 1 fully saturated rings. The van der Waals surface area contributed by atoms with Gasteiger partial charge in [0.1, 0.15) is 22.2 Å². The summed E-state index contributed by atoms with van der Waals surface area (Å²) in [5.41, 5.74) is 6.84. The maximum absolute atomic E-state index is 13.6. The molecule has 1 amide bonds. The number of phenolic OH excluding ortho intramolecular Hbond substituents is 1. The highest BCUT2D eigenvalue weighted by Gasteiger charge is 2.30. The van der Waals surface area contributed by atoms with Crippen LogP contribution in [-0.2, 0) is 19.6 Å². The number of aromatic hydroxyl groups is 1. The molecule has 0 unspecified atom stereocenters. The van der Waals surface area contributed by atoms with Gasteiger partial charge in [-0.2, -0.15) is 0 Å². The highest BCUT2D eigenvalue weighted by Crippen LogP contribution is 2.37. The second-order valence-electron chi connectivity index (χ2n) is 8.43. The SMILES string of the molecule is CCN(c1ccc(C(C)C)cc1OCC(=O)N1CCOCC1)S(=O)(=O)c1cc(C(=N)N)ccc1O. The number of hydrogen-bond donors (Lipinski definition) is 3. The zero-order valence-electron chi connectivity index (χ0n) is 20.2. The minimum absolute atomic E-state index is 0.0286. The van der Waals surface area contributed by atoms with E-state index in [-0.39, 0.29) is 52.7 Å². The third kappa shape index (κ3) is 5.85. The van der Waals surface area contributed by atoms with E-state index in [1.165, 1.54) is 18.2 Å². The van der Waals surface area contributed by atoms with E-state index in [4.69, 9.17) is 20.6 Å². The fourth-order valence-corrected chi connectivity index (χ4v) is 5.33. The summed E-state index contributed by atoms with van der Waals surface area (Å²) in [6.45, 7) is 7.30. The Labute approximate surface area is 205 Å². The summed E-state index contributed by atoms with van der Waals surface area (Å²) in [5, 5.41) is 18.0. The molecule has 0 bridgehead atoms. The third-order valence-electron chi connectivity index (χ3n) is 5.76. The number of sulfonamides is 1. The molecule has 0 aliphatic carbocycles. The summed E-state index contributed by atoms with van der Waals surface area (Å²) in [5.74, 6) is -0.615. The summed E-state index contributed by atoms with van der Waals surface area (Å²) in [6, 6.07) is 8.91. The van der Waals surface area contributed by atoms with Gasteiger partial charge in [0.15, 0.2) is 6.61 Å². The van der Waals surface area contributed by atoms with Crippen molar-refractivity contribution in [2.75, 3.05) is 43.8 Å². The van der Waals surface area contributed by atoms with Crippen molar-refractivity contribution >= 4 is 27.5 Å². The third-order valence-corrected chi connectivity index (χ3v) is 7.68. The van der Waals surface area contributed by atoms with Gasteiger partial charge in [-0.05, 0) is 48.7 Å². The van der Waals surface area contributed by atoms with Crippen molar-refractivity contribution in [1.29, 1.82) is 5.41 Å². The van der Waals surface area contributed by atoms with Crippen molar-refractivity contribution in [2.45, 2.75) is 31.6 Å². The number of ether oxygens (including phenoxy) is 2. The fourth-order valence-electron chi connectivity index (χ4n) is 3.73. The van der Waals surface area contributed by atoms with E-state index in [0.717, 1.165) is 9.87 Å². The summed E-state index contributed by atoms with van der Waals surface area (Å²) >= 11 is 0. The topological polar surface area (TPSA) is 146 Å². The van der Waals surface area contributed by atoms with E-state index in [9.17, 15) is 18.3 Å². The van der Waals surface area contributed by atoms with Crippen molar-refractivity contribution in [3.05, 3.63) is 47.5 Å². The number of hydrogen-bond acceptors (Lipinski definition) is 7. The number of nitrogens with zero attached hydrogens (tertiary/aromatic N) is 2. The quantitative estimate of drug-likeness (QED) is 0.351. The first-order valence-corrected chi connectivity index (χ1v) is 12.8. The molecule has 1 aliphatic heterocycles. The first kappa shape index (κ1) is 26.3. The number of nitrogens with one attached hydrogen (secondary N) is 1. The fraction of sp³-hybridized carbons (Fsp3) is 0.417. The lowest BCUT2D eigenvalue weighted by atomic mass is 10.0. The van der Waals surface area contributed by atoms with Gasteiger partial charge < -0.3 is 25.2 Å². The predicted octanol–water partition coefficient (Wildman–Crippen LogP) is 2.25. The van der Waals surface area contributed by atoms with Crippen LogP contribution in [0.1, 0.15) is 37.8 Å². The van der Waals surface area contributed by atoms with Crippen LogP contribution < -0.4 is 14.8 Å². The number of amides is 1. The molecular weight excluding hydrogens is 472 g/mol. The van der Waals surface area contributed by atoms with E-state index < -0.39 is 15.8 Å². The van der Waals surface area contributed by atoms with Crippen molar-refractivity contribution in [3.8, 4) is 11.5 Å². The van der Waals surface area contributed by atoms with E-state index >= 15 is 0 Å². The zero-order chi connectivity index (χ0) is 25.8. The molecular formula is C24H32N4O6S. The molecule has 1 aliphatic rings. The van der Waals surface area contributed by atoms with Crippen LogP contribution in [-0.4, -0.2) is 69.6 Å². The van der Waals surface area contributed by atoms with Gasteiger partial charge in [-0.1, -0.05) is 19.9 Å². The van der Waals surface area contributed by atoms with Crippen molar-refractivity contribution in [1.82, 2.24) is 4.90 Å². The molecule has 11 heteroatoms. The Morgan fingerprint density at radius 2 is 1.91 bits per heavy atom. The minimum atomic E-state index is -4.27. The van der Waals surface area contributed by atoms with Crippen LogP contribution in [0.15, 0.2) is 41.3 Å². The monoisotopic (exact) mass is 504 g/mol. The lowest BCUT2D eigenvalue weighted by molar-refractivity contribution is -0.137. The largest absolute Gasteiger partial charge is 0.507 e. The average Bonchev–Trinajstić information content (AvgIpc) is 2.83. The second kappa shape index (κ2) is 11.0. The standard InChI is InChI=1S/C24H32N4O6S/c1-4-28(35(31,32)22-14-18(24(25)26)6-8-20(22)29)19-7-5-17(16(2)3)13-21(19)34-15-23(30)27-9-11-33-12-10-27/h5-8,13-14,16,29H,4,9-12,15H2,1-3H3,(H3,25,26). The van der Waals surface area contributed by atoms with E-state index in [1.807, 2.05) is 13.8 Å². The molecule has 0 aromatic heterocycles. The van der Waals surface area contributed by atoms with Crippen LogP contribution in [0.2, 0.25) is 0 Å². The highest BCUT2D eigenvalue weighted by atomic mass is 32.2. The molecule has 0 spiro atoms. The number of morpholine rings is 1. The van der Waals surface area contributed by atoms with Crippen LogP contribution >= 0.6 is 0 Å². The number of carbonyl (C=O) groups is 1. The Kier molecular flexibility index (Phi) is 8.23. The molecule has 3 rings (SSSR count). The Hall–Kier alpha value is -3.31. The maximum Gasteiger partial charge on any atom is 0.268 e. The zero-order valence-corrected chi connectivity index (χ0v) is 21.0. The van der Waals surface area contributed by atoms with Crippen LogP contribution in [0.3, 0.4) is 0 Å². The van der Waals surface area contributed by atoms with Crippen LogP contribution in [0.4, 0.5) is 5.69 Å². The van der Waals surface area contributed by atoms with Gasteiger partial charge in [-0.15, -0.1) is 0 Å². The smallest absolute Gasteiger partial charge is 0.268 e. The van der Waals surface area contributed by atoms with Gasteiger partial charge in [0.25, 0.3) is 15.9 Å². The van der Waals surface area contributed by atoms with Crippen LogP contribution in [0.25, 0.3) is 0 Å². The molecule has 0 saturated carbocycles. The van der Waals surface area contributed by atoms with Crippen LogP contribution in [0.5, 0.6) is 11.5 Å². The van der Waals surface area contributed by atoms with E-state index in [1.54, 1.807) is 30.0 Å². The Balaban J connectivity index is 2.00. The van der Waals surface area contributed by atoms with E-state index in [0.29, 0.717) is 26.3 Å².